The Morgan fingerprint density at radius 2 is 2.16 bits per heavy atom. The largest absolute Gasteiger partial charge is 0.406 e. The molecule has 1 rings (SSSR count). The van der Waals surface area contributed by atoms with Crippen molar-refractivity contribution in [2.24, 2.45) is 0 Å². The predicted molar refractivity (Wildman–Crippen MR) is 66.0 cm³/mol. The average molecular weight is 275 g/mol. The third-order valence-corrected chi connectivity index (χ3v) is 2.41. The van der Waals surface area contributed by atoms with Crippen molar-refractivity contribution >= 4 is 11.7 Å². The molecule has 0 atom stereocenters. The van der Waals surface area contributed by atoms with Crippen LogP contribution in [-0.4, -0.2) is 42.1 Å². The lowest BCUT2D eigenvalue weighted by atomic mass is 10.2. The second-order valence-electron chi connectivity index (χ2n) is 4.02. The van der Waals surface area contributed by atoms with Crippen LogP contribution in [0.25, 0.3) is 0 Å². The smallest absolute Gasteiger partial charge is 0.373 e. The second-order valence-corrected chi connectivity index (χ2v) is 4.02. The van der Waals surface area contributed by atoms with Gasteiger partial charge in [-0.3, -0.25) is 4.79 Å². The van der Waals surface area contributed by atoms with E-state index in [0.29, 0.717) is 12.2 Å². The van der Waals surface area contributed by atoms with Gasteiger partial charge in [-0.2, -0.15) is 13.2 Å². The number of hydrogen-bond donors (Lipinski definition) is 1. The lowest BCUT2D eigenvalue weighted by Crippen LogP contribution is -2.39. The quantitative estimate of drug-likeness (QED) is 0.898. The molecule has 0 aliphatic heterocycles. The molecule has 1 heterocycles. The lowest BCUT2D eigenvalue weighted by molar-refractivity contribution is -0.140. The van der Waals surface area contributed by atoms with Crippen molar-refractivity contribution in [2.75, 3.05) is 25.5 Å². The zero-order chi connectivity index (χ0) is 14.5. The first-order valence-electron chi connectivity index (χ1n) is 5.87. The number of nitrogens with one attached hydrogen (secondary N) is 1. The van der Waals surface area contributed by atoms with Crippen LogP contribution in [0.3, 0.4) is 0 Å². The fourth-order valence-corrected chi connectivity index (χ4v) is 1.62. The second kappa shape index (κ2) is 6.40. The van der Waals surface area contributed by atoms with E-state index in [0.717, 1.165) is 4.90 Å². The SMILES string of the molecule is CCCN(CC(F)(F)F)C(=O)c1ccnc(NC)c1. The third kappa shape index (κ3) is 4.76. The zero-order valence-corrected chi connectivity index (χ0v) is 10.8. The van der Waals surface area contributed by atoms with Gasteiger partial charge in [0.1, 0.15) is 12.4 Å². The molecule has 7 heteroatoms. The van der Waals surface area contributed by atoms with Crippen LogP contribution >= 0.6 is 0 Å². The molecule has 0 saturated heterocycles. The number of halogens is 3. The van der Waals surface area contributed by atoms with Gasteiger partial charge in [0.2, 0.25) is 0 Å². The van der Waals surface area contributed by atoms with Crippen molar-refractivity contribution in [2.45, 2.75) is 19.5 Å². The summed E-state index contributed by atoms with van der Waals surface area (Å²) in [5.74, 6) is -0.201. The number of carbonyl (C=O) groups excluding carboxylic acids is 1. The standard InChI is InChI=1S/C12H16F3N3O/c1-3-6-18(8-12(13,14)15)11(19)9-4-5-17-10(7-9)16-2/h4-5,7H,3,6,8H2,1-2H3,(H,16,17). The summed E-state index contributed by atoms with van der Waals surface area (Å²) in [7, 11) is 1.62. The number of amides is 1. The summed E-state index contributed by atoms with van der Waals surface area (Å²) in [6.07, 6.45) is -2.55. The highest BCUT2D eigenvalue weighted by Crippen LogP contribution is 2.19. The normalized spacial score (nSPS) is 11.2. The molecule has 0 aliphatic carbocycles. The van der Waals surface area contributed by atoms with Gasteiger partial charge in [0.15, 0.2) is 0 Å². The molecule has 0 aliphatic rings. The van der Waals surface area contributed by atoms with Crippen molar-refractivity contribution in [1.29, 1.82) is 0 Å². The van der Waals surface area contributed by atoms with Crippen molar-refractivity contribution in [1.82, 2.24) is 9.88 Å². The number of rotatable bonds is 5. The minimum Gasteiger partial charge on any atom is -0.373 e. The van der Waals surface area contributed by atoms with Crippen molar-refractivity contribution in [3.05, 3.63) is 23.9 Å². The van der Waals surface area contributed by atoms with Gasteiger partial charge in [0.25, 0.3) is 5.91 Å². The van der Waals surface area contributed by atoms with Crippen LogP contribution in [-0.2, 0) is 0 Å². The predicted octanol–water partition coefficient (Wildman–Crippen LogP) is 2.54. The van der Waals surface area contributed by atoms with Crippen molar-refractivity contribution in [3.63, 3.8) is 0 Å². The van der Waals surface area contributed by atoms with E-state index < -0.39 is 18.6 Å². The number of aromatic nitrogens is 1. The van der Waals surface area contributed by atoms with E-state index in [2.05, 4.69) is 10.3 Å². The molecular weight excluding hydrogens is 259 g/mol. The Bertz CT molecular complexity index is 434. The van der Waals surface area contributed by atoms with Crippen LogP contribution < -0.4 is 5.32 Å². The molecule has 1 aromatic rings. The summed E-state index contributed by atoms with van der Waals surface area (Å²) < 4.78 is 37.3. The lowest BCUT2D eigenvalue weighted by Gasteiger charge is -2.23. The monoisotopic (exact) mass is 275 g/mol. The maximum atomic E-state index is 12.4. The van der Waals surface area contributed by atoms with Crippen molar-refractivity contribution < 1.29 is 18.0 Å². The molecule has 1 aromatic heterocycles. The summed E-state index contributed by atoms with van der Waals surface area (Å²) in [6, 6.07) is 2.84. The molecule has 0 saturated carbocycles. The van der Waals surface area contributed by atoms with Crippen LogP contribution in [0.15, 0.2) is 18.3 Å². The van der Waals surface area contributed by atoms with E-state index in [1.54, 1.807) is 14.0 Å². The Morgan fingerprint density at radius 3 is 2.68 bits per heavy atom. The zero-order valence-electron chi connectivity index (χ0n) is 10.8. The molecule has 106 valence electrons. The van der Waals surface area contributed by atoms with Crippen LogP contribution in [0.5, 0.6) is 0 Å². The number of alkyl halides is 3. The van der Waals surface area contributed by atoms with Crippen LogP contribution in [0.4, 0.5) is 19.0 Å². The van der Waals surface area contributed by atoms with Crippen LogP contribution in [0.1, 0.15) is 23.7 Å². The molecular formula is C12H16F3N3O. The first-order valence-corrected chi connectivity index (χ1v) is 5.87. The fraction of sp³-hybridized carbons (Fsp3) is 0.500. The molecule has 19 heavy (non-hydrogen) atoms. The summed E-state index contributed by atoms with van der Waals surface area (Å²) >= 11 is 0. The molecule has 0 fully saturated rings. The van der Waals surface area contributed by atoms with Crippen molar-refractivity contribution in [3.8, 4) is 0 Å². The first-order chi connectivity index (χ1) is 8.87. The Kier molecular flexibility index (Phi) is 5.14. The van der Waals surface area contributed by atoms with Crippen LogP contribution in [0.2, 0.25) is 0 Å². The highest BCUT2D eigenvalue weighted by molar-refractivity contribution is 5.94. The van der Waals surface area contributed by atoms with Gasteiger partial charge in [-0.15, -0.1) is 0 Å². The maximum Gasteiger partial charge on any atom is 0.406 e. The number of carbonyl (C=O) groups is 1. The number of anilines is 1. The summed E-state index contributed by atoms with van der Waals surface area (Å²) in [5, 5.41) is 2.74. The molecule has 0 unspecified atom stereocenters. The first kappa shape index (κ1) is 15.3. The van der Waals surface area contributed by atoms with Gasteiger partial charge >= 0.3 is 6.18 Å². The number of nitrogens with zero attached hydrogens (tertiary/aromatic N) is 2. The van der Waals surface area contributed by atoms with Gasteiger partial charge in [0.05, 0.1) is 0 Å². The van der Waals surface area contributed by atoms with E-state index in [-0.39, 0.29) is 12.1 Å². The Balaban J connectivity index is 2.91. The topological polar surface area (TPSA) is 45.2 Å². The Morgan fingerprint density at radius 1 is 1.47 bits per heavy atom. The highest BCUT2D eigenvalue weighted by atomic mass is 19.4. The summed E-state index contributed by atoms with van der Waals surface area (Å²) in [6.45, 7) is 0.550. The average Bonchev–Trinajstić information content (AvgIpc) is 2.36. The molecule has 0 radical (unpaired) electrons. The van der Waals surface area contributed by atoms with E-state index in [1.165, 1.54) is 18.3 Å². The fourth-order valence-electron chi connectivity index (χ4n) is 1.62. The molecule has 4 nitrogen and oxygen atoms in total. The van der Waals surface area contributed by atoms with Gasteiger partial charge < -0.3 is 10.2 Å². The van der Waals surface area contributed by atoms with Gasteiger partial charge in [0, 0.05) is 25.4 Å². The molecule has 1 N–H and O–H groups in total. The minimum absolute atomic E-state index is 0.0650. The van der Waals surface area contributed by atoms with Gasteiger partial charge in [-0.25, -0.2) is 4.98 Å². The molecule has 0 spiro atoms. The van der Waals surface area contributed by atoms with E-state index in [4.69, 9.17) is 0 Å². The molecule has 0 bridgehead atoms. The minimum atomic E-state index is -4.40. The Labute approximate surface area is 109 Å². The highest BCUT2D eigenvalue weighted by Gasteiger charge is 2.33. The molecule has 0 aromatic carbocycles. The maximum absolute atomic E-state index is 12.4. The van der Waals surface area contributed by atoms with E-state index >= 15 is 0 Å². The van der Waals surface area contributed by atoms with E-state index in [1.807, 2.05) is 0 Å². The number of hydrogen-bond acceptors (Lipinski definition) is 3. The Hall–Kier alpha value is -1.79. The van der Waals surface area contributed by atoms with Gasteiger partial charge in [-0.1, -0.05) is 6.92 Å². The molecule has 1 amide bonds. The van der Waals surface area contributed by atoms with Crippen LogP contribution in [0, 0.1) is 0 Å². The van der Waals surface area contributed by atoms with Gasteiger partial charge in [-0.05, 0) is 18.6 Å². The summed E-state index contributed by atoms with van der Waals surface area (Å²) in [5.41, 5.74) is 0.192. The van der Waals surface area contributed by atoms with E-state index in [9.17, 15) is 18.0 Å². The summed E-state index contributed by atoms with van der Waals surface area (Å²) in [4.78, 5) is 16.8. The number of pyridine rings is 1. The third-order valence-electron chi connectivity index (χ3n) is 2.41.